The smallest absolute Gasteiger partial charge is 0.264 e. The van der Waals surface area contributed by atoms with Crippen LogP contribution in [0.15, 0.2) is 102 Å². The number of aryl methyl sites for hydroxylation is 1. The molecule has 0 saturated heterocycles. The maximum Gasteiger partial charge on any atom is 0.264 e. The quantitative estimate of drug-likeness (QED) is 0.154. The first kappa shape index (κ1) is 36.3. The summed E-state index contributed by atoms with van der Waals surface area (Å²) in [4.78, 5) is 30.2. The minimum absolute atomic E-state index is 0.0150. The zero-order chi connectivity index (χ0) is 34.8. The number of carbonyl (C=O) groups is 2. The van der Waals surface area contributed by atoms with Crippen molar-refractivity contribution in [1.29, 1.82) is 0 Å². The third kappa shape index (κ3) is 8.87. The highest BCUT2D eigenvalue weighted by Gasteiger charge is 2.36. The fraction of sp³-hybridized carbons (Fsp3) is 0.297. The van der Waals surface area contributed by atoms with Gasteiger partial charge in [0.2, 0.25) is 11.8 Å². The number of carbonyl (C=O) groups excluding carboxylic acids is 2. The van der Waals surface area contributed by atoms with Gasteiger partial charge < -0.3 is 19.7 Å². The average Bonchev–Trinajstić information content (AvgIpc) is 3.09. The van der Waals surface area contributed by atoms with Gasteiger partial charge in [-0.1, -0.05) is 84.8 Å². The molecule has 2 amide bonds. The fourth-order valence-corrected chi connectivity index (χ4v) is 6.76. The van der Waals surface area contributed by atoms with Crippen molar-refractivity contribution in [2.45, 2.75) is 57.1 Å². The molecular formula is C37H42ClN3O6S. The van der Waals surface area contributed by atoms with E-state index in [2.05, 4.69) is 5.32 Å². The Morgan fingerprint density at radius 1 is 0.896 bits per heavy atom. The van der Waals surface area contributed by atoms with Crippen LogP contribution in [0.25, 0.3) is 0 Å². The molecule has 4 aromatic rings. The Morgan fingerprint density at radius 3 is 2.19 bits per heavy atom. The summed E-state index contributed by atoms with van der Waals surface area (Å²) in [7, 11) is -1.46. The molecule has 0 aromatic heterocycles. The number of ether oxygens (including phenoxy) is 2. The van der Waals surface area contributed by atoms with Gasteiger partial charge in [-0.25, -0.2) is 8.42 Å². The van der Waals surface area contributed by atoms with Gasteiger partial charge >= 0.3 is 0 Å². The number of hydrogen-bond donors (Lipinski definition) is 1. The molecule has 0 saturated carbocycles. The Balaban J connectivity index is 1.88. The second kappa shape index (κ2) is 16.5. The van der Waals surface area contributed by atoms with Crippen LogP contribution in [0.5, 0.6) is 11.5 Å². The molecule has 9 nitrogen and oxygen atoms in total. The highest BCUT2D eigenvalue weighted by molar-refractivity contribution is 7.92. The lowest BCUT2D eigenvalue weighted by Gasteiger charge is -2.34. The van der Waals surface area contributed by atoms with E-state index in [0.29, 0.717) is 22.8 Å². The van der Waals surface area contributed by atoms with E-state index in [1.165, 1.54) is 37.3 Å². The Labute approximate surface area is 288 Å². The first-order chi connectivity index (χ1) is 23.0. The van der Waals surface area contributed by atoms with Crippen LogP contribution < -0.4 is 19.1 Å². The van der Waals surface area contributed by atoms with E-state index >= 15 is 0 Å². The van der Waals surface area contributed by atoms with E-state index in [9.17, 15) is 18.0 Å². The van der Waals surface area contributed by atoms with Crippen LogP contribution in [0.4, 0.5) is 5.69 Å². The maximum absolute atomic E-state index is 14.7. The molecule has 0 bridgehead atoms. The molecule has 0 fully saturated rings. The Hall–Kier alpha value is -4.54. The van der Waals surface area contributed by atoms with Crippen molar-refractivity contribution in [3.8, 4) is 11.5 Å². The summed E-state index contributed by atoms with van der Waals surface area (Å²) < 4.78 is 40.9. The molecule has 1 N–H and O–H groups in total. The number of amides is 2. The van der Waals surface area contributed by atoms with Gasteiger partial charge in [-0.05, 0) is 61.7 Å². The molecule has 2 atom stereocenters. The molecule has 0 aliphatic carbocycles. The number of nitrogens with one attached hydrogen (secondary N) is 1. The summed E-state index contributed by atoms with van der Waals surface area (Å²) in [5.41, 5.74) is 2.41. The highest BCUT2D eigenvalue weighted by Crippen LogP contribution is 2.36. The predicted molar refractivity (Wildman–Crippen MR) is 189 cm³/mol. The van der Waals surface area contributed by atoms with Gasteiger partial charge in [-0.3, -0.25) is 13.9 Å². The van der Waals surface area contributed by atoms with Gasteiger partial charge in [0.15, 0.2) is 0 Å². The SMILES string of the molecule is CC[C@@H](C)NC(=O)[C@H](Cc1ccccc1)N(Cc1ccccc1Cl)C(=O)CN(c1cc(OC)ccc1OC)S(=O)(=O)c1ccc(C)cc1. The molecule has 254 valence electrons. The summed E-state index contributed by atoms with van der Waals surface area (Å²) in [6, 6.07) is 26.4. The third-order valence-corrected chi connectivity index (χ3v) is 10.3. The van der Waals surface area contributed by atoms with Gasteiger partial charge in [0.25, 0.3) is 10.0 Å². The van der Waals surface area contributed by atoms with Gasteiger partial charge in [0.05, 0.1) is 24.8 Å². The second-order valence-electron chi connectivity index (χ2n) is 11.5. The lowest BCUT2D eigenvalue weighted by atomic mass is 10.0. The lowest BCUT2D eigenvalue weighted by Crippen LogP contribution is -2.54. The highest BCUT2D eigenvalue weighted by atomic mass is 35.5. The lowest BCUT2D eigenvalue weighted by molar-refractivity contribution is -0.140. The standard InChI is InChI=1S/C37H42ClN3O6S/c1-6-27(3)39-37(43)34(22-28-12-8-7-9-13-28)40(24-29-14-10-11-15-32(29)38)36(42)25-41(33-23-30(46-4)18-21-35(33)47-5)48(44,45)31-19-16-26(2)17-20-31/h7-21,23,27,34H,6,22,24-25H2,1-5H3,(H,39,43)/t27-,34+/m1/s1. The molecule has 0 aliphatic heterocycles. The van der Waals surface area contributed by atoms with Crippen LogP contribution >= 0.6 is 11.6 Å². The van der Waals surface area contributed by atoms with Crippen molar-refractivity contribution in [1.82, 2.24) is 10.2 Å². The van der Waals surface area contributed by atoms with Crippen molar-refractivity contribution in [2.24, 2.45) is 0 Å². The van der Waals surface area contributed by atoms with Crippen molar-refractivity contribution in [3.63, 3.8) is 0 Å². The number of sulfonamides is 1. The number of anilines is 1. The molecule has 0 aliphatic rings. The molecule has 11 heteroatoms. The molecule has 0 spiro atoms. The van der Waals surface area contributed by atoms with Crippen molar-refractivity contribution >= 4 is 39.1 Å². The third-order valence-electron chi connectivity index (χ3n) is 8.11. The molecule has 4 aromatic carbocycles. The second-order valence-corrected chi connectivity index (χ2v) is 13.8. The van der Waals surface area contributed by atoms with Gasteiger partial charge in [-0.2, -0.15) is 0 Å². The topological polar surface area (TPSA) is 105 Å². The number of halogens is 1. The van der Waals surface area contributed by atoms with Crippen LogP contribution in [-0.4, -0.2) is 58.0 Å². The van der Waals surface area contributed by atoms with E-state index in [1.807, 2.05) is 51.1 Å². The zero-order valence-corrected chi connectivity index (χ0v) is 29.4. The molecule has 48 heavy (non-hydrogen) atoms. The molecule has 0 unspecified atom stereocenters. The number of rotatable bonds is 15. The molecular weight excluding hydrogens is 650 g/mol. The minimum atomic E-state index is -4.34. The Morgan fingerprint density at radius 2 is 1.56 bits per heavy atom. The maximum atomic E-state index is 14.7. The monoisotopic (exact) mass is 691 g/mol. The first-order valence-electron chi connectivity index (χ1n) is 15.7. The number of methoxy groups -OCH3 is 2. The van der Waals surface area contributed by atoms with Crippen LogP contribution in [0.1, 0.15) is 37.0 Å². The molecule has 0 heterocycles. The average molecular weight is 692 g/mol. The Bertz CT molecular complexity index is 1800. The van der Waals surface area contributed by atoms with E-state index in [-0.39, 0.29) is 41.2 Å². The van der Waals surface area contributed by atoms with E-state index in [4.69, 9.17) is 21.1 Å². The van der Waals surface area contributed by atoms with Crippen LogP contribution in [0.2, 0.25) is 5.02 Å². The summed E-state index contributed by atoms with van der Waals surface area (Å²) in [6.07, 6.45) is 0.868. The number of nitrogens with zero attached hydrogens (tertiary/aromatic N) is 2. The summed E-state index contributed by atoms with van der Waals surface area (Å²) >= 11 is 6.59. The van der Waals surface area contributed by atoms with Crippen molar-refractivity contribution in [2.75, 3.05) is 25.1 Å². The van der Waals surface area contributed by atoms with Gasteiger partial charge in [0, 0.05) is 30.1 Å². The largest absolute Gasteiger partial charge is 0.497 e. The zero-order valence-electron chi connectivity index (χ0n) is 27.9. The predicted octanol–water partition coefficient (Wildman–Crippen LogP) is 6.42. The molecule has 4 rings (SSSR count). The summed E-state index contributed by atoms with van der Waals surface area (Å²) in [5.74, 6) is -0.395. The Kier molecular flexibility index (Phi) is 12.5. The van der Waals surface area contributed by atoms with Crippen LogP contribution in [-0.2, 0) is 32.6 Å². The van der Waals surface area contributed by atoms with Gasteiger partial charge in [0.1, 0.15) is 24.1 Å². The van der Waals surface area contributed by atoms with Crippen LogP contribution in [0.3, 0.4) is 0 Å². The van der Waals surface area contributed by atoms with Crippen LogP contribution in [0, 0.1) is 6.92 Å². The van der Waals surface area contributed by atoms with E-state index in [0.717, 1.165) is 15.4 Å². The minimum Gasteiger partial charge on any atom is -0.497 e. The summed E-state index contributed by atoms with van der Waals surface area (Å²) in [5, 5.41) is 3.44. The molecule has 0 radical (unpaired) electrons. The van der Waals surface area contributed by atoms with Crippen molar-refractivity contribution < 1.29 is 27.5 Å². The fourth-order valence-electron chi connectivity index (χ4n) is 5.15. The van der Waals surface area contributed by atoms with Gasteiger partial charge in [-0.15, -0.1) is 0 Å². The normalized spacial score (nSPS) is 12.5. The van der Waals surface area contributed by atoms with E-state index < -0.39 is 28.5 Å². The number of hydrogen-bond acceptors (Lipinski definition) is 6. The summed E-state index contributed by atoms with van der Waals surface area (Å²) in [6.45, 7) is 5.01. The first-order valence-corrected chi connectivity index (χ1v) is 17.5. The van der Waals surface area contributed by atoms with E-state index in [1.54, 1.807) is 48.5 Å². The number of benzene rings is 4. The van der Waals surface area contributed by atoms with Crippen molar-refractivity contribution in [3.05, 3.63) is 119 Å².